The molecule has 1 aliphatic rings. The molecule has 0 saturated carbocycles. The highest BCUT2D eigenvalue weighted by Crippen LogP contribution is 2.28. The number of ether oxygens (including phenoxy) is 1. The van der Waals surface area contributed by atoms with Gasteiger partial charge in [0.05, 0.1) is 7.11 Å². The molecule has 1 aliphatic heterocycles. The fourth-order valence-electron chi connectivity index (χ4n) is 2.47. The van der Waals surface area contributed by atoms with E-state index in [1.54, 1.807) is 7.11 Å². The van der Waals surface area contributed by atoms with Gasteiger partial charge in [-0.25, -0.2) is 0 Å². The molecule has 0 atom stereocenters. The number of piperidine rings is 1. The van der Waals surface area contributed by atoms with Crippen molar-refractivity contribution in [1.82, 2.24) is 5.32 Å². The van der Waals surface area contributed by atoms with Crippen LogP contribution in [0.15, 0.2) is 12.1 Å². The summed E-state index contributed by atoms with van der Waals surface area (Å²) in [7, 11) is 1.66. The maximum Gasteiger partial charge on any atom is 0.227 e. The SMILES string of the molecule is COc1ccc(NC(=O)C2CCNCC2)c(C)c1C. The van der Waals surface area contributed by atoms with Crippen LogP contribution in [0.5, 0.6) is 5.75 Å². The van der Waals surface area contributed by atoms with Gasteiger partial charge in [-0.15, -0.1) is 0 Å². The van der Waals surface area contributed by atoms with E-state index in [1.807, 2.05) is 26.0 Å². The van der Waals surface area contributed by atoms with Crippen LogP contribution in [0.4, 0.5) is 5.69 Å². The largest absolute Gasteiger partial charge is 0.496 e. The molecule has 2 N–H and O–H groups in total. The molecule has 0 bridgehead atoms. The molecule has 1 fully saturated rings. The van der Waals surface area contributed by atoms with Crippen molar-refractivity contribution in [2.45, 2.75) is 26.7 Å². The Hall–Kier alpha value is -1.55. The van der Waals surface area contributed by atoms with Gasteiger partial charge in [-0.05, 0) is 63.0 Å². The highest BCUT2D eigenvalue weighted by Gasteiger charge is 2.21. The second-order valence-electron chi connectivity index (χ2n) is 5.08. The monoisotopic (exact) mass is 262 g/mol. The molecule has 104 valence electrons. The molecule has 0 radical (unpaired) electrons. The van der Waals surface area contributed by atoms with Gasteiger partial charge in [0.2, 0.25) is 5.91 Å². The second-order valence-corrected chi connectivity index (χ2v) is 5.08. The molecular formula is C15H22N2O2. The number of benzene rings is 1. The molecule has 0 aliphatic carbocycles. The maximum atomic E-state index is 12.2. The predicted molar refractivity (Wildman–Crippen MR) is 76.7 cm³/mol. The van der Waals surface area contributed by atoms with Gasteiger partial charge in [0, 0.05) is 11.6 Å². The number of anilines is 1. The average Bonchev–Trinajstić information content (AvgIpc) is 2.45. The number of hydrogen-bond acceptors (Lipinski definition) is 3. The second kappa shape index (κ2) is 6.06. The molecule has 1 heterocycles. The van der Waals surface area contributed by atoms with Crippen LogP contribution in [-0.4, -0.2) is 26.1 Å². The summed E-state index contributed by atoms with van der Waals surface area (Å²) in [5.74, 6) is 1.12. The lowest BCUT2D eigenvalue weighted by atomic mass is 9.97. The van der Waals surface area contributed by atoms with Crippen molar-refractivity contribution < 1.29 is 9.53 Å². The first-order valence-corrected chi connectivity index (χ1v) is 6.79. The summed E-state index contributed by atoms with van der Waals surface area (Å²) in [6, 6.07) is 3.82. The number of nitrogens with one attached hydrogen (secondary N) is 2. The Bertz CT molecular complexity index is 465. The first-order chi connectivity index (χ1) is 9.13. The number of amides is 1. The van der Waals surface area contributed by atoms with Crippen LogP contribution in [0.25, 0.3) is 0 Å². The highest BCUT2D eigenvalue weighted by atomic mass is 16.5. The summed E-state index contributed by atoms with van der Waals surface area (Å²) in [6.07, 6.45) is 1.83. The quantitative estimate of drug-likeness (QED) is 0.878. The van der Waals surface area contributed by atoms with E-state index in [2.05, 4.69) is 10.6 Å². The van der Waals surface area contributed by atoms with Gasteiger partial charge in [-0.2, -0.15) is 0 Å². The van der Waals surface area contributed by atoms with Gasteiger partial charge in [0.25, 0.3) is 0 Å². The highest BCUT2D eigenvalue weighted by molar-refractivity contribution is 5.93. The van der Waals surface area contributed by atoms with Gasteiger partial charge in [0.15, 0.2) is 0 Å². The van der Waals surface area contributed by atoms with E-state index < -0.39 is 0 Å². The van der Waals surface area contributed by atoms with E-state index in [-0.39, 0.29) is 11.8 Å². The van der Waals surface area contributed by atoms with Gasteiger partial charge in [-0.3, -0.25) is 4.79 Å². The Labute approximate surface area is 114 Å². The van der Waals surface area contributed by atoms with Crippen LogP contribution in [0.2, 0.25) is 0 Å². The minimum Gasteiger partial charge on any atom is -0.496 e. The van der Waals surface area contributed by atoms with Gasteiger partial charge < -0.3 is 15.4 Å². The number of carbonyl (C=O) groups is 1. The minimum atomic E-state index is 0.128. The van der Waals surface area contributed by atoms with Crippen LogP contribution in [0, 0.1) is 19.8 Å². The molecule has 1 aromatic carbocycles. The molecule has 4 nitrogen and oxygen atoms in total. The van der Waals surface area contributed by atoms with Crippen LogP contribution in [-0.2, 0) is 4.79 Å². The molecule has 1 aromatic rings. The Morgan fingerprint density at radius 2 is 1.95 bits per heavy atom. The van der Waals surface area contributed by atoms with Crippen LogP contribution in [0.1, 0.15) is 24.0 Å². The van der Waals surface area contributed by atoms with E-state index in [9.17, 15) is 4.79 Å². The number of carbonyl (C=O) groups excluding carboxylic acids is 1. The zero-order chi connectivity index (χ0) is 13.8. The number of rotatable bonds is 3. The van der Waals surface area contributed by atoms with Crippen LogP contribution in [0.3, 0.4) is 0 Å². The summed E-state index contributed by atoms with van der Waals surface area (Å²) in [5, 5.41) is 6.32. The molecule has 1 amide bonds. The molecule has 1 saturated heterocycles. The zero-order valence-corrected chi connectivity index (χ0v) is 11.9. The molecule has 2 rings (SSSR count). The third-order valence-corrected chi connectivity index (χ3v) is 3.93. The predicted octanol–water partition coefficient (Wildman–Crippen LogP) is 2.25. The van der Waals surface area contributed by atoms with Gasteiger partial charge in [-0.1, -0.05) is 0 Å². The lowest BCUT2D eigenvalue weighted by Crippen LogP contribution is -2.34. The van der Waals surface area contributed by atoms with E-state index in [0.717, 1.165) is 48.5 Å². The van der Waals surface area contributed by atoms with Crippen molar-refractivity contribution in [1.29, 1.82) is 0 Å². The smallest absolute Gasteiger partial charge is 0.227 e. The average molecular weight is 262 g/mol. The maximum absolute atomic E-state index is 12.2. The van der Waals surface area contributed by atoms with Crippen LogP contribution >= 0.6 is 0 Å². The fourth-order valence-corrected chi connectivity index (χ4v) is 2.47. The fraction of sp³-hybridized carbons (Fsp3) is 0.533. The number of methoxy groups -OCH3 is 1. The summed E-state index contributed by atoms with van der Waals surface area (Å²) in [5.41, 5.74) is 3.04. The molecule has 0 aromatic heterocycles. The number of hydrogen-bond donors (Lipinski definition) is 2. The Balaban J connectivity index is 2.10. The van der Waals surface area contributed by atoms with Crippen molar-refractivity contribution in [2.75, 3.05) is 25.5 Å². The van der Waals surface area contributed by atoms with Crippen molar-refractivity contribution in [3.8, 4) is 5.75 Å². The summed E-state index contributed by atoms with van der Waals surface area (Å²) < 4.78 is 5.28. The normalized spacial score (nSPS) is 16.2. The third-order valence-electron chi connectivity index (χ3n) is 3.93. The van der Waals surface area contributed by atoms with E-state index in [0.29, 0.717) is 0 Å². The first kappa shape index (κ1) is 13.9. The van der Waals surface area contributed by atoms with E-state index in [1.165, 1.54) is 0 Å². The van der Waals surface area contributed by atoms with E-state index >= 15 is 0 Å². The van der Waals surface area contributed by atoms with E-state index in [4.69, 9.17) is 4.74 Å². The topological polar surface area (TPSA) is 50.4 Å². The summed E-state index contributed by atoms with van der Waals surface area (Å²) in [6.45, 7) is 5.88. The molecule has 4 heteroatoms. The lowest BCUT2D eigenvalue weighted by molar-refractivity contribution is -0.120. The molecule has 0 spiro atoms. The zero-order valence-electron chi connectivity index (χ0n) is 11.9. The Morgan fingerprint density at radius 3 is 2.58 bits per heavy atom. The minimum absolute atomic E-state index is 0.128. The van der Waals surface area contributed by atoms with Gasteiger partial charge >= 0.3 is 0 Å². The van der Waals surface area contributed by atoms with Crippen LogP contribution < -0.4 is 15.4 Å². The first-order valence-electron chi connectivity index (χ1n) is 6.79. The van der Waals surface area contributed by atoms with Crippen molar-refractivity contribution in [2.24, 2.45) is 5.92 Å². The van der Waals surface area contributed by atoms with Crippen molar-refractivity contribution >= 4 is 11.6 Å². The Kier molecular flexibility index (Phi) is 4.43. The van der Waals surface area contributed by atoms with Gasteiger partial charge in [0.1, 0.15) is 5.75 Å². The van der Waals surface area contributed by atoms with Crippen molar-refractivity contribution in [3.05, 3.63) is 23.3 Å². The standard InChI is InChI=1S/C15H22N2O2/c1-10-11(2)14(19-3)5-4-13(10)17-15(18)12-6-8-16-9-7-12/h4-5,12,16H,6-9H2,1-3H3,(H,17,18). The molecular weight excluding hydrogens is 240 g/mol. The van der Waals surface area contributed by atoms with Crippen molar-refractivity contribution in [3.63, 3.8) is 0 Å². The summed E-state index contributed by atoms with van der Waals surface area (Å²) >= 11 is 0. The Morgan fingerprint density at radius 1 is 1.26 bits per heavy atom. The molecule has 0 unspecified atom stereocenters. The molecule has 19 heavy (non-hydrogen) atoms. The third kappa shape index (κ3) is 3.07. The lowest BCUT2D eigenvalue weighted by Gasteiger charge is -2.22. The summed E-state index contributed by atoms with van der Waals surface area (Å²) in [4.78, 5) is 12.2.